The predicted octanol–water partition coefficient (Wildman–Crippen LogP) is 3.85. The van der Waals surface area contributed by atoms with Gasteiger partial charge in [-0.15, -0.1) is 0 Å². The number of ether oxygens (including phenoxy) is 2. The molecular weight excluding hydrogens is 334 g/mol. The van der Waals surface area contributed by atoms with E-state index in [1.807, 2.05) is 24.3 Å². The van der Waals surface area contributed by atoms with E-state index in [2.05, 4.69) is 21.2 Å². The number of hydrogen-bond acceptors (Lipinski definition) is 3. The van der Waals surface area contributed by atoms with Crippen molar-refractivity contribution in [3.05, 3.63) is 53.6 Å². The van der Waals surface area contributed by atoms with E-state index in [9.17, 15) is 4.79 Å². The molecule has 110 valence electrons. The molecule has 2 aromatic rings. The fraction of sp³-hybridized carbons (Fsp3) is 0.188. The molecule has 0 spiro atoms. The smallest absolute Gasteiger partial charge is 0.259 e. The summed E-state index contributed by atoms with van der Waals surface area (Å²) in [6, 6.07) is 12.7. The summed E-state index contributed by atoms with van der Waals surface area (Å²) in [6.07, 6.45) is 0. The van der Waals surface area contributed by atoms with Crippen LogP contribution in [0.2, 0.25) is 0 Å². The number of rotatable bonds is 5. The van der Waals surface area contributed by atoms with Crippen molar-refractivity contribution < 1.29 is 14.3 Å². The van der Waals surface area contributed by atoms with Gasteiger partial charge in [0.15, 0.2) is 0 Å². The van der Waals surface area contributed by atoms with Crippen molar-refractivity contribution in [3.8, 4) is 11.5 Å². The Morgan fingerprint density at radius 3 is 2.38 bits per heavy atom. The molecule has 0 saturated heterocycles. The van der Waals surface area contributed by atoms with Gasteiger partial charge in [-0.3, -0.25) is 4.79 Å². The lowest BCUT2D eigenvalue weighted by molar-refractivity contribution is 0.102. The molecule has 0 saturated carbocycles. The molecule has 2 rings (SSSR count). The maximum atomic E-state index is 12.3. The summed E-state index contributed by atoms with van der Waals surface area (Å²) in [5.41, 5.74) is 2.35. The minimum Gasteiger partial charge on any atom is -0.497 e. The highest BCUT2D eigenvalue weighted by molar-refractivity contribution is 9.08. The first kappa shape index (κ1) is 15.4. The topological polar surface area (TPSA) is 47.6 Å². The molecule has 4 nitrogen and oxygen atoms in total. The Kier molecular flexibility index (Phi) is 5.22. The number of carbonyl (C=O) groups excluding carboxylic acids is 1. The predicted molar refractivity (Wildman–Crippen MR) is 86.6 cm³/mol. The van der Waals surface area contributed by atoms with E-state index < -0.39 is 0 Å². The molecule has 0 aliphatic heterocycles. The lowest BCUT2D eigenvalue weighted by atomic mass is 10.1. The van der Waals surface area contributed by atoms with Gasteiger partial charge in [0.05, 0.1) is 19.8 Å². The van der Waals surface area contributed by atoms with E-state index in [-0.39, 0.29) is 5.91 Å². The third kappa shape index (κ3) is 3.76. The number of amides is 1. The van der Waals surface area contributed by atoms with Crippen LogP contribution in [-0.2, 0) is 5.33 Å². The van der Waals surface area contributed by atoms with Crippen LogP contribution in [0.3, 0.4) is 0 Å². The lowest BCUT2D eigenvalue weighted by Crippen LogP contribution is -2.13. The highest BCUT2D eigenvalue weighted by Gasteiger charge is 2.13. The van der Waals surface area contributed by atoms with Gasteiger partial charge in [0, 0.05) is 17.1 Å². The van der Waals surface area contributed by atoms with Crippen molar-refractivity contribution in [2.24, 2.45) is 0 Å². The van der Waals surface area contributed by atoms with Crippen molar-refractivity contribution in [1.29, 1.82) is 0 Å². The Morgan fingerprint density at radius 1 is 1.10 bits per heavy atom. The third-order valence-corrected chi connectivity index (χ3v) is 3.67. The number of benzene rings is 2. The summed E-state index contributed by atoms with van der Waals surface area (Å²) in [5.74, 6) is 0.898. The highest BCUT2D eigenvalue weighted by Crippen LogP contribution is 2.25. The zero-order valence-corrected chi connectivity index (χ0v) is 13.4. The summed E-state index contributed by atoms with van der Waals surface area (Å²) in [4.78, 5) is 12.3. The molecule has 2 aromatic carbocycles. The van der Waals surface area contributed by atoms with Crippen LogP contribution >= 0.6 is 15.9 Å². The van der Waals surface area contributed by atoms with Crippen LogP contribution in [0.25, 0.3) is 0 Å². The van der Waals surface area contributed by atoms with E-state index in [0.29, 0.717) is 17.1 Å². The van der Waals surface area contributed by atoms with Gasteiger partial charge in [0.2, 0.25) is 0 Å². The molecule has 0 fully saturated rings. The second kappa shape index (κ2) is 7.13. The zero-order valence-electron chi connectivity index (χ0n) is 11.9. The minimum absolute atomic E-state index is 0.221. The largest absolute Gasteiger partial charge is 0.497 e. The van der Waals surface area contributed by atoms with Gasteiger partial charge >= 0.3 is 0 Å². The quantitative estimate of drug-likeness (QED) is 0.834. The Labute approximate surface area is 132 Å². The maximum absolute atomic E-state index is 12.3. The van der Waals surface area contributed by atoms with Crippen LogP contribution < -0.4 is 14.8 Å². The molecule has 0 atom stereocenters. The van der Waals surface area contributed by atoms with E-state index >= 15 is 0 Å². The first-order valence-electron chi connectivity index (χ1n) is 6.36. The van der Waals surface area contributed by atoms with Crippen molar-refractivity contribution >= 4 is 27.5 Å². The Hall–Kier alpha value is -2.01. The molecule has 0 radical (unpaired) electrons. The van der Waals surface area contributed by atoms with Crippen molar-refractivity contribution in [2.75, 3.05) is 19.5 Å². The van der Waals surface area contributed by atoms with E-state index in [1.165, 1.54) is 7.11 Å². The van der Waals surface area contributed by atoms with Crippen LogP contribution in [0.15, 0.2) is 42.5 Å². The molecule has 0 aliphatic rings. The van der Waals surface area contributed by atoms with Gasteiger partial charge in [-0.25, -0.2) is 0 Å². The molecule has 1 N–H and O–H groups in total. The SMILES string of the molecule is COc1ccc(C(=O)Nc2ccc(CBr)cc2)c(OC)c1. The third-order valence-electron chi connectivity index (χ3n) is 3.02. The summed E-state index contributed by atoms with van der Waals surface area (Å²) in [5, 5.41) is 3.63. The fourth-order valence-electron chi connectivity index (χ4n) is 1.86. The molecule has 0 aromatic heterocycles. The summed E-state index contributed by atoms with van der Waals surface area (Å²) in [6.45, 7) is 0. The van der Waals surface area contributed by atoms with Gasteiger partial charge in [-0.1, -0.05) is 28.1 Å². The van der Waals surface area contributed by atoms with Gasteiger partial charge in [-0.2, -0.15) is 0 Å². The first-order valence-corrected chi connectivity index (χ1v) is 7.48. The molecule has 0 bridgehead atoms. The normalized spacial score (nSPS) is 10.0. The minimum atomic E-state index is -0.221. The number of anilines is 1. The van der Waals surface area contributed by atoms with Crippen LogP contribution in [0, 0.1) is 0 Å². The molecule has 0 aliphatic carbocycles. The molecule has 0 heterocycles. The average molecular weight is 350 g/mol. The van der Waals surface area contributed by atoms with Crippen molar-refractivity contribution in [3.63, 3.8) is 0 Å². The molecule has 1 amide bonds. The number of alkyl halides is 1. The number of hydrogen-bond donors (Lipinski definition) is 1. The van der Waals surface area contributed by atoms with Crippen LogP contribution in [0.4, 0.5) is 5.69 Å². The number of halogens is 1. The van der Waals surface area contributed by atoms with Crippen LogP contribution in [0.1, 0.15) is 15.9 Å². The van der Waals surface area contributed by atoms with Gasteiger partial charge in [0.1, 0.15) is 11.5 Å². The summed E-state index contributed by atoms with van der Waals surface area (Å²) >= 11 is 3.39. The fourth-order valence-corrected chi connectivity index (χ4v) is 2.24. The Balaban J connectivity index is 2.19. The second-order valence-electron chi connectivity index (χ2n) is 4.35. The van der Waals surface area contributed by atoms with Crippen molar-refractivity contribution in [2.45, 2.75) is 5.33 Å². The average Bonchev–Trinajstić information content (AvgIpc) is 2.54. The van der Waals surface area contributed by atoms with E-state index in [0.717, 1.165) is 16.6 Å². The summed E-state index contributed by atoms with van der Waals surface area (Å²) < 4.78 is 10.4. The van der Waals surface area contributed by atoms with Gasteiger partial charge < -0.3 is 14.8 Å². The highest BCUT2D eigenvalue weighted by atomic mass is 79.9. The molecular formula is C16H16BrNO3. The van der Waals surface area contributed by atoms with Crippen LogP contribution in [0.5, 0.6) is 11.5 Å². The summed E-state index contributed by atoms with van der Waals surface area (Å²) in [7, 11) is 3.09. The first-order chi connectivity index (χ1) is 10.2. The molecule has 5 heteroatoms. The Bertz CT molecular complexity index is 626. The standard InChI is InChI=1S/C16H16BrNO3/c1-20-13-7-8-14(15(9-13)21-2)16(19)18-12-5-3-11(10-17)4-6-12/h3-9H,10H2,1-2H3,(H,18,19). The number of carbonyl (C=O) groups is 1. The monoisotopic (exact) mass is 349 g/mol. The Morgan fingerprint density at radius 2 is 1.81 bits per heavy atom. The molecule has 0 unspecified atom stereocenters. The lowest BCUT2D eigenvalue weighted by Gasteiger charge is -2.11. The van der Waals surface area contributed by atoms with Gasteiger partial charge in [-0.05, 0) is 29.8 Å². The van der Waals surface area contributed by atoms with E-state index in [1.54, 1.807) is 25.3 Å². The van der Waals surface area contributed by atoms with Crippen LogP contribution in [-0.4, -0.2) is 20.1 Å². The number of methoxy groups -OCH3 is 2. The van der Waals surface area contributed by atoms with Gasteiger partial charge in [0.25, 0.3) is 5.91 Å². The maximum Gasteiger partial charge on any atom is 0.259 e. The number of nitrogens with one attached hydrogen (secondary N) is 1. The van der Waals surface area contributed by atoms with Crippen molar-refractivity contribution in [1.82, 2.24) is 0 Å². The zero-order chi connectivity index (χ0) is 15.2. The van der Waals surface area contributed by atoms with E-state index in [4.69, 9.17) is 9.47 Å². The molecule has 21 heavy (non-hydrogen) atoms. The second-order valence-corrected chi connectivity index (χ2v) is 4.91.